The molecule has 7 nitrogen and oxygen atoms in total. The van der Waals surface area contributed by atoms with Crippen LogP contribution in [-0.4, -0.2) is 90.2 Å². The molecule has 180 valence electrons. The molecule has 0 aromatic heterocycles. The standard InChI is InChI=1S/C26H38N4O3/c1-2-33-25(32)29-15-9-22(10-16-29)27-17-11-26(12-18-27)20-30(24(31)28-13-5-6-14-28)19-21-7-3-4-8-23(21)26/h3-4,7-8,22H,2,5-6,9-20H2,1H3. The first-order valence-electron chi connectivity index (χ1n) is 12.9. The fourth-order valence-corrected chi connectivity index (χ4v) is 6.50. The molecule has 3 fully saturated rings. The minimum absolute atomic E-state index is 0.0619. The van der Waals surface area contributed by atoms with Crippen molar-refractivity contribution >= 4 is 12.1 Å². The van der Waals surface area contributed by atoms with Gasteiger partial charge in [0.15, 0.2) is 0 Å². The van der Waals surface area contributed by atoms with Crippen molar-refractivity contribution in [1.29, 1.82) is 0 Å². The summed E-state index contributed by atoms with van der Waals surface area (Å²) in [6.45, 7) is 9.37. The maximum atomic E-state index is 13.3. The average molecular weight is 455 g/mol. The van der Waals surface area contributed by atoms with Crippen LogP contribution in [0.2, 0.25) is 0 Å². The van der Waals surface area contributed by atoms with E-state index in [1.54, 1.807) is 0 Å². The summed E-state index contributed by atoms with van der Waals surface area (Å²) in [4.78, 5) is 34.0. The number of likely N-dealkylation sites (tertiary alicyclic amines) is 3. The first-order chi connectivity index (χ1) is 16.1. The molecule has 3 saturated heterocycles. The highest BCUT2D eigenvalue weighted by Crippen LogP contribution is 2.43. The number of hydrogen-bond donors (Lipinski definition) is 0. The fourth-order valence-electron chi connectivity index (χ4n) is 6.50. The summed E-state index contributed by atoms with van der Waals surface area (Å²) in [5.74, 6) is 0. The number of fused-ring (bicyclic) bond motifs is 2. The highest BCUT2D eigenvalue weighted by atomic mass is 16.6. The Morgan fingerprint density at radius 2 is 1.64 bits per heavy atom. The zero-order valence-electron chi connectivity index (χ0n) is 20.0. The molecule has 33 heavy (non-hydrogen) atoms. The van der Waals surface area contributed by atoms with Gasteiger partial charge in [0, 0.05) is 50.7 Å². The predicted molar refractivity (Wildman–Crippen MR) is 127 cm³/mol. The van der Waals surface area contributed by atoms with E-state index in [-0.39, 0.29) is 17.5 Å². The number of amides is 3. The van der Waals surface area contributed by atoms with E-state index in [0.29, 0.717) is 12.6 Å². The van der Waals surface area contributed by atoms with Crippen LogP contribution >= 0.6 is 0 Å². The van der Waals surface area contributed by atoms with Crippen LogP contribution in [0.3, 0.4) is 0 Å². The second kappa shape index (κ2) is 9.53. The van der Waals surface area contributed by atoms with Crippen molar-refractivity contribution < 1.29 is 14.3 Å². The van der Waals surface area contributed by atoms with Crippen molar-refractivity contribution in [2.75, 3.05) is 52.4 Å². The Balaban J connectivity index is 1.25. The maximum absolute atomic E-state index is 13.3. The Kier molecular flexibility index (Phi) is 6.50. The van der Waals surface area contributed by atoms with Crippen LogP contribution in [0.15, 0.2) is 24.3 Å². The molecule has 1 aromatic carbocycles. The van der Waals surface area contributed by atoms with E-state index >= 15 is 0 Å². The largest absolute Gasteiger partial charge is 0.450 e. The Labute approximate surface area is 197 Å². The molecule has 0 unspecified atom stereocenters. The molecule has 4 aliphatic heterocycles. The average Bonchev–Trinajstić information content (AvgIpc) is 3.39. The summed E-state index contributed by atoms with van der Waals surface area (Å²) in [6.07, 6.45) is 6.30. The number of carbonyl (C=O) groups excluding carboxylic acids is 2. The van der Waals surface area contributed by atoms with Gasteiger partial charge in [0.2, 0.25) is 0 Å². The highest BCUT2D eigenvalue weighted by molar-refractivity contribution is 5.75. The van der Waals surface area contributed by atoms with Crippen LogP contribution in [0.1, 0.15) is 56.6 Å². The van der Waals surface area contributed by atoms with Gasteiger partial charge in [-0.25, -0.2) is 9.59 Å². The van der Waals surface area contributed by atoms with Crippen molar-refractivity contribution in [3.63, 3.8) is 0 Å². The summed E-state index contributed by atoms with van der Waals surface area (Å²) in [6, 6.07) is 9.57. The van der Waals surface area contributed by atoms with E-state index in [1.807, 2.05) is 16.7 Å². The molecule has 3 amide bonds. The zero-order valence-corrected chi connectivity index (χ0v) is 20.0. The fraction of sp³-hybridized carbons (Fsp3) is 0.692. The number of benzene rings is 1. The number of carbonyl (C=O) groups is 2. The number of ether oxygens (including phenoxy) is 1. The minimum atomic E-state index is -0.171. The molecule has 4 aliphatic rings. The molecule has 0 N–H and O–H groups in total. The lowest BCUT2D eigenvalue weighted by molar-refractivity contribution is 0.0451. The predicted octanol–water partition coefficient (Wildman–Crippen LogP) is 3.67. The molecule has 7 heteroatoms. The van der Waals surface area contributed by atoms with Crippen LogP contribution in [0.5, 0.6) is 0 Å². The first-order valence-corrected chi connectivity index (χ1v) is 12.9. The number of hydrogen-bond acceptors (Lipinski definition) is 4. The molecule has 1 aromatic rings. The molecule has 4 heterocycles. The second-order valence-corrected chi connectivity index (χ2v) is 10.2. The number of rotatable bonds is 2. The monoisotopic (exact) mass is 454 g/mol. The summed E-state index contributed by atoms with van der Waals surface area (Å²) in [7, 11) is 0. The third kappa shape index (κ3) is 4.44. The molecule has 0 bridgehead atoms. The Morgan fingerprint density at radius 1 is 0.939 bits per heavy atom. The first kappa shape index (κ1) is 22.5. The van der Waals surface area contributed by atoms with Crippen LogP contribution in [0, 0.1) is 0 Å². The van der Waals surface area contributed by atoms with Gasteiger partial charge in [0.05, 0.1) is 6.61 Å². The molecular formula is C26H38N4O3. The number of urea groups is 1. The van der Waals surface area contributed by atoms with E-state index in [2.05, 4.69) is 34.1 Å². The van der Waals surface area contributed by atoms with E-state index in [0.717, 1.165) is 90.9 Å². The van der Waals surface area contributed by atoms with Gasteiger partial charge in [-0.15, -0.1) is 0 Å². The molecule has 0 saturated carbocycles. The SMILES string of the molecule is CCOC(=O)N1CCC(N2CCC3(CC2)CN(C(=O)N2CCCC2)Cc2ccccc23)CC1. The third-order valence-electron chi connectivity index (χ3n) is 8.35. The van der Waals surface area contributed by atoms with E-state index in [1.165, 1.54) is 11.1 Å². The van der Waals surface area contributed by atoms with Crippen LogP contribution < -0.4 is 0 Å². The van der Waals surface area contributed by atoms with E-state index in [4.69, 9.17) is 4.74 Å². The molecule has 0 aliphatic carbocycles. The maximum Gasteiger partial charge on any atom is 0.409 e. The quantitative estimate of drug-likeness (QED) is 0.684. The van der Waals surface area contributed by atoms with Crippen LogP contribution in [-0.2, 0) is 16.7 Å². The van der Waals surface area contributed by atoms with Crippen molar-refractivity contribution in [3.05, 3.63) is 35.4 Å². The molecule has 1 spiro atoms. The zero-order chi connectivity index (χ0) is 22.8. The van der Waals surface area contributed by atoms with Gasteiger partial charge in [0.25, 0.3) is 0 Å². The highest BCUT2D eigenvalue weighted by Gasteiger charge is 2.45. The van der Waals surface area contributed by atoms with E-state index in [9.17, 15) is 9.59 Å². The lowest BCUT2D eigenvalue weighted by Gasteiger charge is -2.51. The summed E-state index contributed by atoms with van der Waals surface area (Å²) < 4.78 is 5.17. The van der Waals surface area contributed by atoms with Crippen molar-refractivity contribution in [3.8, 4) is 0 Å². The number of nitrogens with zero attached hydrogens (tertiary/aromatic N) is 4. The van der Waals surface area contributed by atoms with Crippen molar-refractivity contribution in [2.45, 2.75) is 63.5 Å². The summed E-state index contributed by atoms with van der Waals surface area (Å²) in [5, 5.41) is 0. The summed E-state index contributed by atoms with van der Waals surface area (Å²) >= 11 is 0. The Morgan fingerprint density at radius 3 is 2.33 bits per heavy atom. The lowest BCUT2D eigenvalue weighted by Crippen LogP contribution is -2.57. The lowest BCUT2D eigenvalue weighted by atomic mass is 9.68. The Bertz CT molecular complexity index is 853. The van der Waals surface area contributed by atoms with Crippen LogP contribution in [0.4, 0.5) is 9.59 Å². The van der Waals surface area contributed by atoms with Crippen molar-refractivity contribution in [2.24, 2.45) is 0 Å². The number of piperidine rings is 2. The van der Waals surface area contributed by atoms with Gasteiger partial charge >= 0.3 is 12.1 Å². The van der Waals surface area contributed by atoms with Gasteiger partial charge in [-0.3, -0.25) is 0 Å². The Hall–Kier alpha value is -2.28. The smallest absolute Gasteiger partial charge is 0.409 e. The van der Waals surface area contributed by atoms with Crippen molar-refractivity contribution in [1.82, 2.24) is 19.6 Å². The molecule has 0 radical (unpaired) electrons. The van der Waals surface area contributed by atoms with Gasteiger partial charge in [-0.05, 0) is 69.7 Å². The second-order valence-electron chi connectivity index (χ2n) is 10.2. The third-order valence-corrected chi connectivity index (χ3v) is 8.35. The summed E-state index contributed by atoms with van der Waals surface area (Å²) in [5.41, 5.74) is 2.85. The normalized spacial score (nSPS) is 23.6. The molecule has 0 atom stereocenters. The van der Waals surface area contributed by atoms with Gasteiger partial charge in [0.1, 0.15) is 0 Å². The van der Waals surface area contributed by atoms with E-state index < -0.39 is 0 Å². The van der Waals surface area contributed by atoms with Gasteiger partial charge in [-0.1, -0.05) is 24.3 Å². The van der Waals surface area contributed by atoms with Crippen LogP contribution in [0.25, 0.3) is 0 Å². The topological polar surface area (TPSA) is 56.3 Å². The minimum Gasteiger partial charge on any atom is -0.450 e. The molecular weight excluding hydrogens is 416 g/mol. The van der Waals surface area contributed by atoms with Gasteiger partial charge < -0.3 is 24.3 Å². The van der Waals surface area contributed by atoms with Gasteiger partial charge in [-0.2, -0.15) is 0 Å². The molecule has 5 rings (SSSR count).